The molecule has 152 valence electrons. The Morgan fingerprint density at radius 2 is 1.76 bits per heavy atom. The molecule has 2 amide bonds. The lowest BCUT2D eigenvalue weighted by molar-refractivity contribution is 0.0584. The highest BCUT2D eigenvalue weighted by atomic mass is 16.6. The van der Waals surface area contributed by atoms with E-state index in [2.05, 4.69) is 10.2 Å². The monoisotopic (exact) mass is 394 g/mol. The molecule has 0 bridgehead atoms. The highest BCUT2D eigenvalue weighted by molar-refractivity contribution is 5.95. The lowest BCUT2D eigenvalue weighted by atomic mass is 10.1. The zero-order valence-corrected chi connectivity index (χ0v) is 17.5. The quantitative estimate of drug-likeness (QED) is 0.689. The zero-order chi connectivity index (χ0) is 21.2. The molecule has 0 saturated heterocycles. The number of hydrogen-bond donors (Lipinski definition) is 0. The summed E-state index contributed by atoms with van der Waals surface area (Å²) in [6.45, 7) is 6.07. The lowest BCUT2D eigenvalue weighted by Gasteiger charge is -2.24. The van der Waals surface area contributed by atoms with Crippen molar-refractivity contribution in [1.82, 2.24) is 0 Å². The van der Waals surface area contributed by atoms with Crippen LogP contribution in [0, 0.1) is 0 Å². The van der Waals surface area contributed by atoms with Gasteiger partial charge in [-0.15, -0.1) is 10.2 Å². The predicted octanol–water partition coefficient (Wildman–Crippen LogP) is 4.97. The number of nitrogens with zero attached hydrogens (tertiary/aromatic N) is 4. The summed E-state index contributed by atoms with van der Waals surface area (Å²) in [4.78, 5) is 28.3. The topological polar surface area (TPSA) is 74.6 Å². The second kappa shape index (κ2) is 8.03. The minimum atomic E-state index is -0.564. The molecule has 0 N–H and O–H groups in total. The second-order valence-corrected chi connectivity index (χ2v) is 8.14. The fourth-order valence-corrected chi connectivity index (χ4v) is 3.00. The first-order valence-corrected chi connectivity index (χ1v) is 9.51. The van der Waals surface area contributed by atoms with E-state index in [1.807, 2.05) is 58.0 Å². The maximum absolute atomic E-state index is 12.5. The maximum Gasteiger partial charge on any atom is 0.414 e. The van der Waals surface area contributed by atoms with Crippen LogP contribution in [0.5, 0.6) is 0 Å². The van der Waals surface area contributed by atoms with Crippen LogP contribution in [0.1, 0.15) is 36.7 Å². The second-order valence-electron chi connectivity index (χ2n) is 8.14. The molecule has 0 spiro atoms. The standard InChI is InChI=1S/C22H26N4O3/c1-22(2,3)29-21(28)26-13-12-15-6-9-17(14-19(15)26)23-24-20(27)16-7-10-18(11-8-16)25(4)5/h6-11,14H,12-13H2,1-5H3. The maximum atomic E-state index is 12.5. The minimum Gasteiger partial charge on any atom is -0.443 e. The van der Waals surface area contributed by atoms with Crippen LogP contribution < -0.4 is 9.80 Å². The number of rotatable bonds is 3. The Morgan fingerprint density at radius 1 is 1.07 bits per heavy atom. The third-order valence-corrected chi connectivity index (χ3v) is 4.47. The molecule has 0 aliphatic carbocycles. The van der Waals surface area contributed by atoms with Crippen molar-refractivity contribution < 1.29 is 14.3 Å². The number of carbonyl (C=O) groups is 2. The van der Waals surface area contributed by atoms with E-state index in [1.54, 1.807) is 29.2 Å². The number of carbonyl (C=O) groups excluding carboxylic acids is 2. The van der Waals surface area contributed by atoms with Crippen LogP contribution in [0.2, 0.25) is 0 Å². The molecule has 0 radical (unpaired) electrons. The van der Waals surface area contributed by atoms with Gasteiger partial charge in [-0.05, 0) is 69.2 Å². The van der Waals surface area contributed by atoms with Gasteiger partial charge in [0.2, 0.25) is 0 Å². The van der Waals surface area contributed by atoms with Crippen LogP contribution >= 0.6 is 0 Å². The Balaban J connectivity index is 1.75. The van der Waals surface area contributed by atoms with E-state index >= 15 is 0 Å². The van der Waals surface area contributed by atoms with Crippen LogP contribution in [0.3, 0.4) is 0 Å². The molecule has 29 heavy (non-hydrogen) atoms. The first-order chi connectivity index (χ1) is 13.6. The van der Waals surface area contributed by atoms with Gasteiger partial charge in [-0.1, -0.05) is 6.07 Å². The molecule has 1 aliphatic rings. The molecule has 3 rings (SSSR count). The van der Waals surface area contributed by atoms with E-state index in [9.17, 15) is 9.59 Å². The molecule has 1 aliphatic heterocycles. The number of hydrogen-bond acceptors (Lipinski definition) is 5. The average molecular weight is 394 g/mol. The first-order valence-electron chi connectivity index (χ1n) is 9.51. The number of benzene rings is 2. The van der Waals surface area contributed by atoms with Crippen molar-refractivity contribution in [2.24, 2.45) is 10.2 Å². The van der Waals surface area contributed by atoms with Gasteiger partial charge >= 0.3 is 6.09 Å². The number of ether oxygens (including phenoxy) is 1. The largest absolute Gasteiger partial charge is 0.443 e. The molecular formula is C22H26N4O3. The highest BCUT2D eigenvalue weighted by Gasteiger charge is 2.29. The summed E-state index contributed by atoms with van der Waals surface area (Å²) in [6.07, 6.45) is 0.366. The van der Waals surface area contributed by atoms with Crippen molar-refractivity contribution in [3.8, 4) is 0 Å². The number of azo groups is 1. The van der Waals surface area contributed by atoms with Crippen molar-refractivity contribution in [3.63, 3.8) is 0 Å². The average Bonchev–Trinajstić information content (AvgIpc) is 3.08. The molecule has 7 nitrogen and oxygen atoms in total. The molecule has 2 aromatic rings. The van der Waals surface area contributed by atoms with E-state index in [1.165, 1.54) is 0 Å². The summed E-state index contributed by atoms with van der Waals surface area (Å²) in [7, 11) is 3.87. The van der Waals surface area contributed by atoms with Crippen LogP contribution in [-0.4, -0.2) is 38.2 Å². The van der Waals surface area contributed by atoms with Gasteiger partial charge in [-0.2, -0.15) is 0 Å². The number of fused-ring (bicyclic) bond motifs is 1. The van der Waals surface area contributed by atoms with Gasteiger partial charge in [0.25, 0.3) is 5.91 Å². The van der Waals surface area contributed by atoms with Gasteiger partial charge in [0, 0.05) is 31.9 Å². The summed E-state index contributed by atoms with van der Waals surface area (Å²) in [6, 6.07) is 12.6. The van der Waals surface area contributed by atoms with Gasteiger partial charge in [-0.3, -0.25) is 9.69 Å². The van der Waals surface area contributed by atoms with E-state index in [0.29, 0.717) is 17.8 Å². The molecular weight excluding hydrogens is 368 g/mol. The third-order valence-electron chi connectivity index (χ3n) is 4.47. The summed E-state index contributed by atoms with van der Waals surface area (Å²) < 4.78 is 5.48. The van der Waals surface area contributed by atoms with Crippen LogP contribution in [0.25, 0.3) is 0 Å². The van der Waals surface area contributed by atoms with Gasteiger partial charge in [-0.25, -0.2) is 4.79 Å². The summed E-state index contributed by atoms with van der Waals surface area (Å²) in [5, 5.41) is 7.90. The van der Waals surface area contributed by atoms with Crippen LogP contribution in [0.4, 0.5) is 21.9 Å². The molecule has 0 unspecified atom stereocenters. The molecule has 0 saturated carbocycles. The number of amides is 2. The fraction of sp³-hybridized carbons (Fsp3) is 0.364. The van der Waals surface area contributed by atoms with Crippen LogP contribution in [0.15, 0.2) is 52.7 Å². The van der Waals surface area contributed by atoms with E-state index < -0.39 is 11.5 Å². The van der Waals surface area contributed by atoms with Gasteiger partial charge in [0.05, 0.1) is 11.4 Å². The lowest BCUT2D eigenvalue weighted by Crippen LogP contribution is -2.35. The summed E-state index contributed by atoms with van der Waals surface area (Å²) >= 11 is 0. The smallest absolute Gasteiger partial charge is 0.414 e. The summed E-state index contributed by atoms with van der Waals surface area (Å²) in [5.41, 5.74) is 3.21. The van der Waals surface area contributed by atoms with E-state index in [0.717, 1.165) is 23.4 Å². The Morgan fingerprint density at radius 3 is 2.38 bits per heavy atom. The van der Waals surface area contributed by atoms with E-state index in [-0.39, 0.29) is 6.09 Å². The minimum absolute atomic E-state index is 0.387. The van der Waals surface area contributed by atoms with Crippen molar-refractivity contribution in [1.29, 1.82) is 0 Å². The normalized spacial score (nSPS) is 13.5. The van der Waals surface area contributed by atoms with Crippen LogP contribution in [-0.2, 0) is 11.2 Å². The Labute approximate surface area is 171 Å². The van der Waals surface area contributed by atoms with Gasteiger partial charge in [0.15, 0.2) is 0 Å². The zero-order valence-electron chi connectivity index (χ0n) is 17.5. The van der Waals surface area contributed by atoms with Gasteiger partial charge < -0.3 is 9.64 Å². The molecule has 0 aromatic heterocycles. The Hall–Kier alpha value is -3.22. The predicted molar refractivity (Wildman–Crippen MR) is 113 cm³/mol. The highest BCUT2D eigenvalue weighted by Crippen LogP contribution is 2.33. The van der Waals surface area contributed by atoms with Gasteiger partial charge in [0.1, 0.15) is 5.60 Å². The number of anilines is 2. The molecule has 1 heterocycles. The summed E-state index contributed by atoms with van der Waals surface area (Å²) in [5.74, 6) is -0.417. The van der Waals surface area contributed by atoms with Crippen molar-refractivity contribution in [3.05, 3.63) is 53.6 Å². The third kappa shape index (κ3) is 4.99. The Kier molecular flexibility index (Phi) is 5.68. The van der Waals surface area contributed by atoms with Crippen molar-refractivity contribution in [2.75, 3.05) is 30.4 Å². The SMILES string of the molecule is CN(C)c1ccc(C(=O)N=Nc2ccc3c(c2)N(C(=O)OC(C)(C)C)CC3)cc1. The molecule has 7 heteroatoms. The van der Waals surface area contributed by atoms with E-state index in [4.69, 9.17) is 4.74 Å². The van der Waals surface area contributed by atoms with Crippen molar-refractivity contribution in [2.45, 2.75) is 32.8 Å². The fourth-order valence-electron chi connectivity index (χ4n) is 3.00. The molecule has 0 atom stereocenters. The first kappa shape index (κ1) is 20.5. The van der Waals surface area contributed by atoms with Crippen molar-refractivity contribution >= 4 is 29.1 Å². The molecule has 2 aromatic carbocycles. The molecule has 0 fully saturated rings. The Bertz CT molecular complexity index is 944.